The predicted molar refractivity (Wildman–Crippen MR) is 148 cm³/mol. The van der Waals surface area contributed by atoms with Crippen LogP contribution in [0.4, 0.5) is 0 Å². The van der Waals surface area contributed by atoms with Crippen LogP contribution in [0.3, 0.4) is 0 Å². The first kappa shape index (κ1) is 20.0. The Morgan fingerprint density at radius 2 is 1.11 bits per heavy atom. The molecule has 8 aromatic rings. The molecule has 172 valence electrons. The molecule has 0 spiro atoms. The van der Waals surface area contributed by atoms with Crippen LogP contribution in [0.5, 0.6) is 0 Å². The van der Waals surface area contributed by atoms with Gasteiger partial charge in [-0.3, -0.25) is 9.55 Å². The first-order valence-electron chi connectivity index (χ1n) is 12.1. The van der Waals surface area contributed by atoms with E-state index in [0.29, 0.717) is 11.8 Å². The summed E-state index contributed by atoms with van der Waals surface area (Å²) in [6.45, 7) is 0. The van der Waals surface area contributed by atoms with Crippen LogP contribution in [0.25, 0.3) is 71.9 Å². The Morgan fingerprint density at radius 3 is 1.92 bits per heavy atom. The maximum absolute atomic E-state index is 5.16. The number of pyridine rings is 1. The molecular weight excluding hydrogens is 456 g/mol. The Bertz CT molecular complexity index is 2090. The van der Waals surface area contributed by atoms with E-state index in [1.54, 1.807) is 0 Å². The second-order valence-corrected chi connectivity index (χ2v) is 9.02. The van der Waals surface area contributed by atoms with Crippen molar-refractivity contribution in [3.8, 4) is 17.3 Å². The Kier molecular flexibility index (Phi) is 4.13. The van der Waals surface area contributed by atoms with Gasteiger partial charge in [-0.1, -0.05) is 72.8 Å². The zero-order valence-corrected chi connectivity index (χ0v) is 19.6. The van der Waals surface area contributed by atoms with E-state index in [9.17, 15) is 0 Å². The third-order valence-corrected chi connectivity index (χ3v) is 6.96. The smallest absolute Gasteiger partial charge is 0.235 e. The Labute approximate surface area is 210 Å². The van der Waals surface area contributed by atoms with Crippen molar-refractivity contribution in [2.24, 2.45) is 0 Å². The fraction of sp³-hybridized carbons (Fsp3) is 0. The Hall–Kier alpha value is -5.23. The number of fused-ring (bicyclic) bond motifs is 9. The highest BCUT2D eigenvalue weighted by Gasteiger charge is 2.18. The molecule has 0 saturated carbocycles. The molecule has 37 heavy (non-hydrogen) atoms. The quantitative estimate of drug-likeness (QED) is 0.255. The minimum Gasteiger partial charge on any atom is -0.276 e. The molecule has 0 amide bonds. The van der Waals surface area contributed by atoms with E-state index in [2.05, 4.69) is 39.9 Å². The summed E-state index contributed by atoms with van der Waals surface area (Å²) in [6, 6.07) is 30.6. The fourth-order valence-corrected chi connectivity index (χ4v) is 5.30. The molecule has 6 heteroatoms. The summed E-state index contributed by atoms with van der Waals surface area (Å²) in [7, 11) is 0. The zero-order valence-electron chi connectivity index (χ0n) is 19.6. The van der Waals surface area contributed by atoms with Crippen LogP contribution in [0.1, 0.15) is 0 Å². The molecular formula is C31H18N6. The molecule has 4 heterocycles. The number of nitrogens with zero attached hydrogens (tertiary/aromatic N) is 6. The highest BCUT2D eigenvalue weighted by atomic mass is 15.2. The molecule has 8 rings (SSSR count). The fourth-order valence-electron chi connectivity index (χ4n) is 5.30. The van der Waals surface area contributed by atoms with Crippen LogP contribution in [0, 0.1) is 0 Å². The van der Waals surface area contributed by atoms with Gasteiger partial charge in [-0.05, 0) is 29.0 Å². The average Bonchev–Trinajstić information content (AvgIpc) is 3.32. The maximum atomic E-state index is 5.16. The molecule has 6 nitrogen and oxygen atoms in total. The first-order valence-corrected chi connectivity index (χ1v) is 12.1. The molecule has 0 aliphatic heterocycles. The monoisotopic (exact) mass is 474 g/mol. The summed E-state index contributed by atoms with van der Waals surface area (Å²) < 4.78 is 2.08. The van der Waals surface area contributed by atoms with Gasteiger partial charge in [0, 0.05) is 40.3 Å². The molecule has 0 fully saturated rings. The van der Waals surface area contributed by atoms with Gasteiger partial charge >= 0.3 is 0 Å². The summed E-state index contributed by atoms with van der Waals surface area (Å²) in [5.74, 6) is 1.26. The standard InChI is InChI=1S/C31H18N6/c1-2-9-19(10-3-1)30-33-17-23-20-11-4-5-12-21(20)24-18-34-31(36-29(24)28(23)35-30)37-25-14-7-6-13-22(25)27-26(37)15-8-16-32-27/h1-18H. The number of rotatable bonds is 2. The summed E-state index contributed by atoms with van der Waals surface area (Å²) in [5.41, 5.74) is 5.48. The average molecular weight is 475 g/mol. The number of para-hydroxylation sites is 1. The summed E-state index contributed by atoms with van der Waals surface area (Å²) in [4.78, 5) is 24.5. The third kappa shape index (κ3) is 2.90. The molecule has 0 saturated heterocycles. The van der Waals surface area contributed by atoms with E-state index in [4.69, 9.17) is 19.9 Å². The Morgan fingerprint density at radius 1 is 0.459 bits per heavy atom. The van der Waals surface area contributed by atoms with Crippen molar-refractivity contribution < 1.29 is 0 Å². The van der Waals surface area contributed by atoms with Gasteiger partial charge in [-0.25, -0.2) is 19.9 Å². The van der Waals surface area contributed by atoms with Crippen molar-refractivity contribution in [1.29, 1.82) is 0 Å². The van der Waals surface area contributed by atoms with Crippen LogP contribution in [0.2, 0.25) is 0 Å². The minimum atomic E-state index is 0.586. The lowest BCUT2D eigenvalue weighted by molar-refractivity contribution is 1.01. The van der Waals surface area contributed by atoms with E-state index in [-0.39, 0.29) is 0 Å². The van der Waals surface area contributed by atoms with Crippen molar-refractivity contribution in [3.05, 3.63) is 110 Å². The molecule has 4 aromatic carbocycles. The van der Waals surface area contributed by atoms with E-state index >= 15 is 0 Å². The van der Waals surface area contributed by atoms with Crippen molar-refractivity contribution in [3.63, 3.8) is 0 Å². The highest BCUT2D eigenvalue weighted by molar-refractivity contribution is 6.23. The summed E-state index contributed by atoms with van der Waals surface area (Å²) >= 11 is 0. The Balaban J connectivity index is 1.51. The van der Waals surface area contributed by atoms with Crippen molar-refractivity contribution in [2.75, 3.05) is 0 Å². The number of hydrogen-bond donors (Lipinski definition) is 0. The lowest BCUT2D eigenvalue weighted by atomic mass is 10.0. The first-order chi connectivity index (χ1) is 18.4. The lowest BCUT2D eigenvalue weighted by Crippen LogP contribution is -2.02. The number of aromatic nitrogens is 6. The predicted octanol–water partition coefficient (Wildman–Crippen LogP) is 6.89. The molecule has 0 unspecified atom stereocenters. The van der Waals surface area contributed by atoms with Gasteiger partial charge in [0.1, 0.15) is 11.0 Å². The maximum Gasteiger partial charge on any atom is 0.235 e. The van der Waals surface area contributed by atoms with Crippen molar-refractivity contribution in [2.45, 2.75) is 0 Å². The molecule has 0 N–H and O–H groups in total. The van der Waals surface area contributed by atoms with Gasteiger partial charge in [-0.2, -0.15) is 0 Å². The molecule has 0 radical (unpaired) electrons. The lowest BCUT2D eigenvalue weighted by Gasteiger charge is -2.12. The van der Waals surface area contributed by atoms with Gasteiger partial charge in [0.15, 0.2) is 5.82 Å². The van der Waals surface area contributed by atoms with Crippen LogP contribution >= 0.6 is 0 Å². The topological polar surface area (TPSA) is 69.4 Å². The number of hydrogen-bond acceptors (Lipinski definition) is 5. The summed E-state index contributed by atoms with van der Waals surface area (Å²) in [5, 5.41) is 5.16. The SMILES string of the molecule is c1ccc(-c2ncc3c4ccccc4c4cnc(-n5c6ccccc6c6ncccc65)nc4c3n2)cc1. The zero-order chi connectivity index (χ0) is 24.3. The molecule has 0 atom stereocenters. The second-order valence-electron chi connectivity index (χ2n) is 9.02. The van der Waals surface area contributed by atoms with Crippen LogP contribution in [-0.2, 0) is 0 Å². The normalized spacial score (nSPS) is 11.8. The van der Waals surface area contributed by atoms with Crippen molar-refractivity contribution in [1.82, 2.24) is 29.5 Å². The van der Waals surface area contributed by atoms with Crippen molar-refractivity contribution >= 4 is 54.5 Å². The van der Waals surface area contributed by atoms with Crippen LogP contribution < -0.4 is 0 Å². The van der Waals surface area contributed by atoms with Gasteiger partial charge in [0.25, 0.3) is 0 Å². The summed E-state index contributed by atoms with van der Waals surface area (Å²) in [6.07, 6.45) is 5.65. The largest absolute Gasteiger partial charge is 0.276 e. The molecule has 4 aromatic heterocycles. The molecule has 0 aliphatic rings. The van der Waals surface area contributed by atoms with Gasteiger partial charge in [-0.15, -0.1) is 0 Å². The van der Waals surface area contributed by atoms with E-state index < -0.39 is 0 Å². The second kappa shape index (κ2) is 7.63. The van der Waals surface area contributed by atoms with E-state index in [0.717, 1.165) is 60.1 Å². The third-order valence-electron chi connectivity index (χ3n) is 6.96. The van der Waals surface area contributed by atoms with Gasteiger partial charge in [0.2, 0.25) is 5.95 Å². The van der Waals surface area contributed by atoms with Crippen LogP contribution in [-0.4, -0.2) is 29.5 Å². The van der Waals surface area contributed by atoms with Gasteiger partial charge < -0.3 is 0 Å². The molecule has 0 aliphatic carbocycles. The van der Waals surface area contributed by atoms with E-state index in [1.807, 2.05) is 79.3 Å². The number of benzene rings is 4. The highest BCUT2D eigenvalue weighted by Crippen LogP contribution is 2.35. The minimum absolute atomic E-state index is 0.586. The van der Waals surface area contributed by atoms with Crippen LogP contribution in [0.15, 0.2) is 110 Å². The van der Waals surface area contributed by atoms with E-state index in [1.165, 1.54) is 0 Å². The van der Waals surface area contributed by atoms with Gasteiger partial charge in [0.05, 0.1) is 16.6 Å². The molecule has 0 bridgehead atoms.